The van der Waals surface area contributed by atoms with Crippen molar-refractivity contribution in [2.24, 2.45) is 0 Å². The minimum absolute atomic E-state index is 0.0496. The van der Waals surface area contributed by atoms with E-state index in [2.05, 4.69) is 10.9 Å². The summed E-state index contributed by atoms with van der Waals surface area (Å²) in [5.74, 6) is 0.176. The Morgan fingerprint density at radius 3 is 2.50 bits per heavy atom. The van der Waals surface area contributed by atoms with Gasteiger partial charge >= 0.3 is 6.09 Å². The molecule has 1 aliphatic carbocycles. The average Bonchev–Trinajstić information content (AvgIpc) is 2.44. The molecule has 0 unspecified atom stereocenters. The molecule has 0 fully saturated rings. The Balaban J connectivity index is 1.94. The van der Waals surface area contributed by atoms with Crippen molar-refractivity contribution in [3.05, 3.63) is 47.7 Å². The molecule has 2 rings (SSSR count). The molecule has 0 spiro atoms. The fourth-order valence-corrected chi connectivity index (χ4v) is 2.38. The van der Waals surface area contributed by atoms with Crippen molar-refractivity contribution in [1.29, 1.82) is 0 Å². The van der Waals surface area contributed by atoms with Gasteiger partial charge in [-0.3, -0.25) is 10.2 Å². The first-order valence-corrected chi connectivity index (χ1v) is 7.37. The molecule has 1 amide bonds. The first kappa shape index (κ1) is 16.1. The number of ether oxygens (including phenoxy) is 1. The third-order valence-corrected chi connectivity index (χ3v) is 3.24. The van der Waals surface area contributed by atoms with Crippen LogP contribution in [0.2, 0.25) is 0 Å². The molecule has 0 saturated carbocycles. The van der Waals surface area contributed by atoms with E-state index in [1.807, 2.05) is 30.3 Å². The van der Waals surface area contributed by atoms with Gasteiger partial charge in [0, 0.05) is 18.2 Å². The highest BCUT2D eigenvalue weighted by molar-refractivity contribution is 5.92. The van der Waals surface area contributed by atoms with Crippen molar-refractivity contribution >= 4 is 11.9 Å². The molecule has 5 heteroatoms. The highest BCUT2D eigenvalue weighted by Gasteiger charge is 2.23. The van der Waals surface area contributed by atoms with Gasteiger partial charge in [0.2, 0.25) is 0 Å². The molecule has 22 heavy (non-hydrogen) atoms. The fraction of sp³-hybridized carbons (Fsp3) is 0.412. The van der Waals surface area contributed by atoms with Gasteiger partial charge in [0.15, 0.2) is 5.78 Å². The smallest absolute Gasteiger partial charge is 0.426 e. The van der Waals surface area contributed by atoms with Crippen LogP contribution in [0.15, 0.2) is 42.1 Å². The van der Waals surface area contributed by atoms with Gasteiger partial charge in [-0.25, -0.2) is 10.2 Å². The predicted octanol–water partition coefficient (Wildman–Crippen LogP) is 3.05. The van der Waals surface area contributed by atoms with Crippen LogP contribution in [0.1, 0.15) is 45.1 Å². The van der Waals surface area contributed by atoms with Crippen LogP contribution in [0.5, 0.6) is 0 Å². The number of allylic oxidation sites excluding steroid dienone is 2. The van der Waals surface area contributed by atoms with Gasteiger partial charge in [0.1, 0.15) is 5.60 Å². The lowest BCUT2D eigenvalue weighted by molar-refractivity contribution is -0.115. The highest BCUT2D eigenvalue weighted by atomic mass is 16.6. The van der Waals surface area contributed by atoms with Crippen LogP contribution in [0.25, 0.3) is 0 Å². The van der Waals surface area contributed by atoms with Gasteiger partial charge in [0.25, 0.3) is 0 Å². The normalized spacial score (nSPS) is 18.4. The molecule has 0 heterocycles. The van der Waals surface area contributed by atoms with E-state index in [0.29, 0.717) is 18.5 Å². The number of carbonyl (C=O) groups is 2. The highest BCUT2D eigenvalue weighted by Crippen LogP contribution is 2.29. The van der Waals surface area contributed by atoms with Gasteiger partial charge in [-0.2, -0.15) is 0 Å². The van der Waals surface area contributed by atoms with Gasteiger partial charge in [-0.05, 0) is 38.7 Å². The molecule has 1 aromatic carbocycles. The van der Waals surface area contributed by atoms with Crippen LogP contribution in [0, 0.1) is 0 Å². The Labute approximate surface area is 130 Å². The largest absolute Gasteiger partial charge is 0.443 e. The first-order chi connectivity index (χ1) is 10.3. The summed E-state index contributed by atoms with van der Waals surface area (Å²) in [6, 6.07) is 9.91. The topological polar surface area (TPSA) is 67.4 Å². The maximum Gasteiger partial charge on any atom is 0.426 e. The van der Waals surface area contributed by atoms with Crippen LogP contribution in [0.4, 0.5) is 4.79 Å². The van der Waals surface area contributed by atoms with Crippen LogP contribution in [-0.4, -0.2) is 17.5 Å². The Kier molecular flexibility index (Phi) is 4.85. The Hall–Kier alpha value is -2.30. The molecule has 0 aromatic heterocycles. The molecule has 0 saturated heterocycles. The molecule has 0 radical (unpaired) electrons. The summed E-state index contributed by atoms with van der Waals surface area (Å²) in [5, 5.41) is 0. The van der Waals surface area contributed by atoms with E-state index in [9.17, 15) is 9.59 Å². The number of hydrogen-bond donors (Lipinski definition) is 2. The summed E-state index contributed by atoms with van der Waals surface area (Å²) in [4.78, 5) is 23.5. The van der Waals surface area contributed by atoms with Crippen molar-refractivity contribution in [2.75, 3.05) is 0 Å². The second-order valence-corrected chi connectivity index (χ2v) is 6.40. The number of nitrogens with one attached hydrogen (secondary N) is 2. The number of amides is 1. The van der Waals surface area contributed by atoms with Crippen molar-refractivity contribution in [3.8, 4) is 0 Å². The molecule has 1 atom stereocenters. The molecule has 2 N–H and O–H groups in total. The van der Waals surface area contributed by atoms with Gasteiger partial charge < -0.3 is 4.74 Å². The molecular weight excluding hydrogens is 280 g/mol. The Bertz CT molecular complexity index is 573. The number of benzene rings is 1. The van der Waals surface area contributed by atoms with Crippen LogP contribution >= 0.6 is 0 Å². The second-order valence-electron chi connectivity index (χ2n) is 6.40. The van der Waals surface area contributed by atoms with E-state index in [0.717, 1.165) is 5.56 Å². The zero-order chi connectivity index (χ0) is 16.2. The SMILES string of the molecule is CC(C)(C)OC(=O)NNC1=CC(=O)C[C@H](c2ccccc2)C1. The van der Waals surface area contributed by atoms with E-state index in [1.54, 1.807) is 20.8 Å². The molecule has 1 aromatic rings. The molecule has 1 aliphatic rings. The lowest BCUT2D eigenvalue weighted by Crippen LogP contribution is -2.41. The summed E-state index contributed by atoms with van der Waals surface area (Å²) in [6.45, 7) is 5.38. The van der Waals surface area contributed by atoms with Crippen LogP contribution in [-0.2, 0) is 9.53 Å². The summed E-state index contributed by atoms with van der Waals surface area (Å²) < 4.78 is 5.14. The summed E-state index contributed by atoms with van der Waals surface area (Å²) in [5.41, 5.74) is 6.52. The maximum atomic E-state index is 11.9. The minimum Gasteiger partial charge on any atom is -0.443 e. The lowest BCUT2D eigenvalue weighted by Gasteiger charge is -2.24. The molecule has 5 nitrogen and oxygen atoms in total. The van der Waals surface area contributed by atoms with Crippen molar-refractivity contribution in [2.45, 2.75) is 45.1 Å². The number of carbonyl (C=O) groups excluding carboxylic acids is 2. The minimum atomic E-state index is -0.567. The second kappa shape index (κ2) is 6.64. The summed E-state index contributed by atoms with van der Waals surface area (Å²) in [7, 11) is 0. The third kappa shape index (κ3) is 4.91. The molecule has 118 valence electrons. The molecule has 0 aliphatic heterocycles. The Morgan fingerprint density at radius 1 is 1.18 bits per heavy atom. The van der Waals surface area contributed by atoms with E-state index >= 15 is 0 Å². The lowest BCUT2D eigenvalue weighted by atomic mass is 9.86. The number of rotatable bonds is 3. The molecule has 0 bridgehead atoms. The van der Waals surface area contributed by atoms with E-state index in [4.69, 9.17) is 4.74 Å². The quantitative estimate of drug-likeness (QED) is 0.842. The van der Waals surface area contributed by atoms with E-state index in [1.165, 1.54) is 6.08 Å². The standard InChI is InChI=1S/C17H22N2O3/c1-17(2,3)22-16(21)19-18-14-9-13(10-15(20)11-14)12-7-5-4-6-8-12/h4-8,11,13,18H,9-10H2,1-3H3,(H,19,21)/t13-/m1/s1. The van der Waals surface area contributed by atoms with E-state index in [-0.39, 0.29) is 11.7 Å². The Morgan fingerprint density at radius 2 is 1.86 bits per heavy atom. The van der Waals surface area contributed by atoms with Gasteiger partial charge in [-0.1, -0.05) is 30.3 Å². The average molecular weight is 302 g/mol. The summed E-state index contributed by atoms with van der Waals surface area (Å²) in [6.07, 6.45) is 2.13. The van der Waals surface area contributed by atoms with Crippen LogP contribution in [0.3, 0.4) is 0 Å². The number of hydrogen-bond acceptors (Lipinski definition) is 4. The predicted molar refractivity (Wildman–Crippen MR) is 84.0 cm³/mol. The monoisotopic (exact) mass is 302 g/mol. The van der Waals surface area contributed by atoms with E-state index < -0.39 is 11.7 Å². The van der Waals surface area contributed by atoms with Gasteiger partial charge in [-0.15, -0.1) is 0 Å². The zero-order valence-corrected chi connectivity index (χ0v) is 13.2. The van der Waals surface area contributed by atoms with Crippen molar-refractivity contribution in [3.63, 3.8) is 0 Å². The first-order valence-electron chi connectivity index (χ1n) is 7.37. The van der Waals surface area contributed by atoms with Gasteiger partial charge in [0.05, 0.1) is 0 Å². The summed E-state index contributed by atoms with van der Waals surface area (Å²) >= 11 is 0. The zero-order valence-electron chi connectivity index (χ0n) is 13.2. The van der Waals surface area contributed by atoms with Crippen molar-refractivity contribution < 1.29 is 14.3 Å². The maximum absolute atomic E-state index is 11.9. The van der Waals surface area contributed by atoms with Crippen LogP contribution < -0.4 is 10.9 Å². The third-order valence-electron chi connectivity index (χ3n) is 3.24. The van der Waals surface area contributed by atoms with Crippen molar-refractivity contribution in [1.82, 2.24) is 10.9 Å². The number of hydrazine groups is 1. The molecular formula is C17H22N2O3. The number of ketones is 1. The fourth-order valence-electron chi connectivity index (χ4n) is 2.38.